The molecule has 0 amide bonds. The molecule has 1 aliphatic rings. The molecule has 0 aliphatic carbocycles. The molecule has 0 unspecified atom stereocenters. The van der Waals surface area contributed by atoms with Gasteiger partial charge in [-0.2, -0.15) is 0 Å². The lowest BCUT2D eigenvalue weighted by molar-refractivity contribution is 0.118. The summed E-state index contributed by atoms with van der Waals surface area (Å²) in [5.74, 6) is 0.165. The van der Waals surface area contributed by atoms with Gasteiger partial charge in [-0.05, 0) is 44.0 Å². The Balaban J connectivity index is 2.01. The van der Waals surface area contributed by atoms with Gasteiger partial charge in [0.15, 0.2) is 0 Å². The summed E-state index contributed by atoms with van der Waals surface area (Å²) < 4.78 is 11.6. The van der Waals surface area contributed by atoms with Crippen molar-refractivity contribution in [2.45, 2.75) is 25.9 Å². The summed E-state index contributed by atoms with van der Waals surface area (Å²) in [4.78, 5) is 31.0. The van der Waals surface area contributed by atoms with Crippen LogP contribution in [0.2, 0.25) is 0 Å². The Morgan fingerprint density at radius 1 is 1.38 bits per heavy atom. The molecular weight excluding hydrogens is 338 g/mol. The molecule has 0 bridgehead atoms. The Labute approximate surface area is 149 Å². The van der Waals surface area contributed by atoms with E-state index in [2.05, 4.69) is 9.98 Å². The summed E-state index contributed by atoms with van der Waals surface area (Å²) in [7, 11) is 1.53. The average molecular weight is 359 g/mol. The van der Waals surface area contributed by atoms with Crippen molar-refractivity contribution in [3.8, 4) is 17.3 Å². The molecule has 8 nitrogen and oxygen atoms in total. The molecule has 2 N–H and O–H groups in total. The molecule has 1 saturated heterocycles. The van der Waals surface area contributed by atoms with Gasteiger partial charge >= 0.3 is 5.69 Å². The van der Waals surface area contributed by atoms with E-state index in [0.29, 0.717) is 30.3 Å². The third kappa shape index (κ3) is 3.55. The lowest BCUT2D eigenvalue weighted by Gasteiger charge is -2.12. The highest BCUT2D eigenvalue weighted by molar-refractivity contribution is 6.00. The van der Waals surface area contributed by atoms with Crippen LogP contribution in [0.5, 0.6) is 11.6 Å². The third-order valence-corrected chi connectivity index (χ3v) is 4.33. The summed E-state index contributed by atoms with van der Waals surface area (Å²) in [6, 6.07) is 6.54. The highest BCUT2D eigenvalue weighted by Gasteiger charge is 2.19. The number of nitrogens with one attached hydrogen (secondary N) is 1. The Hall–Kier alpha value is -2.87. The number of hydrogen-bond acceptors (Lipinski definition) is 6. The van der Waals surface area contributed by atoms with Gasteiger partial charge in [-0.1, -0.05) is 0 Å². The minimum atomic E-state index is -0.728. The molecule has 0 radical (unpaired) electrons. The van der Waals surface area contributed by atoms with Crippen molar-refractivity contribution in [3.63, 3.8) is 0 Å². The van der Waals surface area contributed by atoms with E-state index in [1.165, 1.54) is 7.11 Å². The van der Waals surface area contributed by atoms with Crippen LogP contribution in [0.15, 0.2) is 38.8 Å². The van der Waals surface area contributed by atoms with Crippen molar-refractivity contribution in [1.29, 1.82) is 0 Å². The molecule has 1 atom stereocenters. The molecule has 8 heteroatoms. The van der Waals surface area contributed by atoms with E-state index in [4.69, 9.17) is 9.47 Å². The Bertz CT molecular complexity index is 921. The second-order valence-corrected chi connectivity index (χ2v) is 6.05. The molecule has 26 heavy (non-hydrogen) atoms. The fourth-order valence-corrected chi connectivity index (χ4v) is 2.93. The first-order valence-corrected chi connectivity index (χ1v) is 8.37. The minimum Gasteiger partial charge on any atom is -0.497 e. The van der Waals surface area contributed by atoms with E-state index in [9.17, 15) is 14.7 Å². The van der Waals surface area contributed by atoms with Crippen LogP contribution in [0.1, 0.15) is 25.3 Å². The number of aromatic hydroxyl groups is 1. The normalized spacial score (nSPS) is 17.5. The molecule has 1 aromatic heterocycles. The van der Waals surface area contributed by atoms with Crippen LogP contribution in [-0.2, 0) is 4.74 Å². The maximum atomic E-state index is 12.2. The zero-order chi connectivity index (χ0) is 18.7. The predicted molar refractivity (Wildman–Crippen MR) is 96.9 cm³/mol. The summed E-state index contributed by atoms with van der Waals surface area (Å²) in [5.41, 5.74) is -0.683. The second kappa shape index (κ2) is 7.57. The second-order valence-electron chi connectivity index (χ2n) is 6.05. The smallest absolute Gasteiger partial charge is 0.335 e. The van der Waals surface area contributed by atoms with E-state index in [0.717, 1.165) is 17.4 Å². The Morgan fingerprint density at radius 2 is 2.12 bits per heavy atom. The summed E-state index contributed by atoms with van der Waals surface area (Å²) >= 11 is 0. The zero-order valence-corrected chi connectivity index (χ0v) is 14.7. The summed E-state index contributed by atoms with van der Waals surface area (Å²) in [6.07, 6.45) is 1.94. The summed E-state index contributed by atoms with van der Waals surface area (Å²) in [5, 5.41) is 10.6. The van der Waals surface area contributed by atoms with E-state index in [1.54, 1.807) is 31.2 Å². The zero-order valence-electron chi connectivity index (χ0n) is 14.7. The van der Waals surface area contributed by atoms with Gasteiger partial charge in [0.05, 0.1) is 31.2 Å². The topological polar surface area (TPSA) is 106 Å². The van der Waals surface area contributed by atoms with Gasteiger partial charge in [-0.15, -0.1) is 0 Å². The van der Waals surface area contributed by atoms with Crippen molar-refractivity contribution >= 4 is 5.71 Å². The van der Waals surface area contributed by atoms with Crippen LogP contribution < -0.4 is 16.0 Å². The van der Waals surface area contributed by atoms with Crippen molar-refractivity contribution in [1.82, 2.24) is 9.55 Å². The number of aromatic nitrogens is 2. The maximum Gasteiger partial charge on any atom is 0.335 e. The molecule has 2 heterocycles. The minimum absolute atomic E-state index is 0.0265. The molecule has 3 rings (SSSR count). The first kappa shape index (κ1) is 17.9. The van der Waals surface area contributed by atoms with Crippen LogP contribution in [0.4, 0.5) is 0 Å². The Morgan fingerprint density at radius 3 is 2.73 bits per heavy atom. The number of aromatic amines is 1. The number of hydrogen-bond donors (Lipinski definition) is 2. The first-order valence-electron chi connectivity index (χ1n) is 8.37. The molecular formula is C18H21N3O5. The van der Waals surface area contributed by atoms with E-state index < -0.39 is 17.1 Å². The van der Waals surface area contributed by atoms with Gasteiger partial charge in [0.25, 0.3) is 5.56 Å². The molecule has 1 fully saturated rings. The van der Waals surface area contributed by atoms with Crippen molar-refractivity contribution in [2.75, 3.05) is 20.3 Å². The monoisotopic (exact) mass is 359 g/mol. The molecule has 0 saturated carbocycles. The van der Waals surface area contributed by atoms with Crippen LogP contribution in [0.25, 0.3) is 5.69 Å². The third-order valence-electron chi connectivity index (χ3n) is 4.33. The van der Waals surface area contributed by atoms with Crippen molar-refractivity contribution in [2.24, 2.45) is 4.99 Å². The fourth-order valence-electron chi connectivity index (χ4n) is 2.93. The fraction of sp³-hybridized carbons (Fsp3) is 0.389. The number of rotatable bonds is 5. The SMILES string of the molecule is COc1ccc(-n2c(O)c(C(C)=NC[C@H]3CCCO3)c(=O)[nH]c2=O)cc1. The summed E-state index contributed by atoms with van der Waals surface area (Å²) in [6.45, 7) is 2.75. The maximum absolute atomic E-state index is 12.2. The average Bonchev–Trinajstić information content (AvgIpc) is 3.13. The quantitative estimate of drug-likeness (QED) is 0.781. The Kier molecular flexibility index (Phi) is 5.22. The van der Waals surface area contributed by atoms with Gasteiger partial charge in [0.1, 0.15) is 11.3 Å². The van der Waals surface area contributed by atoms with Crippen LogP contribution >= 0.6 is 0 Å². The number of aliphatic imine (C=N–C) groups is 1. The van der Waals surface area contributed by atoms with Crippen LogP contribution in [-0.4, -0.2) is 46.7 Å². The lowest BCUT2D eigenvalue weighted by Crippen LogP contribution is -2.33. The van der Waals surface area contributed by atoms with Gasteiger partial charge in [-0.25, -0.2) is 9.36 Å². The highest BCUT2D eigenvalue weighted by Crippen LogP contribution is 2.20. The number of benzene rings is 1. The predicted octanol–water partition coefficient (Wildman–Crippen LogP) is 1.23. The molecule has 138 valence electrons. The number of nitrogens with zero attached hydrogens (tertiary/aromatic N) is 2. The van der Waals surface area contributed by atoms with Crippen molar-refractivity contribution in [3.05, 3.63) is 50.7 Å². The van der Waals surface area contributed by atoms with Crippen LogP contribution in [0.3, 0.4) is 0 Å². The number of methoxy groups -OCH3 is 1. The van der Waals surface area contributed by atoms with E-state index >= 15 is 0 Å². The highest BCUT2D eigenvalue weighted by atomic mass is 16.5. The largest absolute Gasteiger partial charge is 0.497 e. The van der Waals surface area contributed by atoms with Crippen LogP contribution in [0, 0.1) is 0 Å². The van der Waals surface area contributed by atoms with Crippen molar-refractivity contribution < 1.29 is 14.6 Å². The van der Waals surface area contributed by atoms with Gasteiger partial charge in [0.2, 0.25) is 5.88 Å². The van der Waals surface area contributed by atoms with Gasteiger partial charge in [0, 0.05) is 6.61 Å². The first-order chi connectivity index (χ1) is 12.5. The molecule has 2 aromatic rings. The van der Waals surface area contributed by atoms with Gasteiger partial charge < -0.3 is 14.6 Å². The molecule has 1 aromatic carbocycles. The standard InChI is InChI=1S/C18H21N3O5/c1-11(19-10-14-4-3-9-26-14)15-16(22)20-18(24)21(17(15)23)12-5-7-13(25-2)8-6-12/h5-8,14,23H,3-4,9-10H2,1-2H3,(H,20,22,24)/t14-/m1/s1. The van der Waals surface area contributed by atoms with E-state index in [1.807, 2.05) is 0 Å². The van der Waals surface area contributed by atoms with Gasteiger partial charge in [-0.3, -0.25) is 14.8 Å². The molecule has 1 aliphatic heterocycles. The number of H-pyrrole nitrogens is 1. The van der Waals surface area contributed by atoms with E-state index in [-0.39, 0.29) is 11.7 Å². The molecule has 0 spiro atoms. The number of ether oxygens (including phenoxy) is 2. The lowest BCUT2D eigenvalue weighted by atomic mass is 10.2.